The second-order valence-corrected chi connectivity index (χ2v) is 14.8. The summed E-state index contributed by atoms with van der Waals surface area (Å²) in [6.07, 6.45) is 0. The molecular weight excluding hydrogens is 715 g/mol. The van der Waals surface area contributed by atoms with Crippen LogP contribution in [0.15, 0.2) is 185 Å². The predicted molar refractivity (Wildman–Crippen MR) is 234 cm³/mol. The molecule has 7 nitrogen and oxygen atoms in total. The maximum absolute atomic E-state index is 6.55. The molecule has 0 saturated heterocycles. The van der Waals surface area contributed by atoms with E-state index in [1.807, 2.05) is 54.6 Å². The van der Waals surface area contributed by atoms with Crippen LogP contribution in [0.25, 0.3) is 122 Å². The van der Waals surface area contributed by atoms with Crippen molar-refractivity contribution in [3.8, 4) is 34.4 Å². The van der Waals surface area contributed by atoms with E-state index in [9.17, 15) is 0 Å². The van der Waals surface area contributed by atoms with Crippen LogP contribution < -0.4 is 0 Å². The molecule has 0 saturated carbocycles. The van der Waals surface area contributed by atoms with E-state index in [1.54, 1.807) is 0 Å². The summed E-state index contributed by atoms with van der Waals surface area (Å²) in [7, 11) is 0. The van der Waals surface area contributed by atoms with Crippen molar-refractivity contribution >= 4 is 87.5 Å². The quantitative estimate of drug-likeness (QED) is 0.179. The van der Waals surface area contributed by atoms with Gasteiger partial charge >= 0.3 is 0 Å². The molecule has 0 unspecified atom stereocenters. The lowest BCUT2D eigenvalue weighted by Gasteiger charge is -2.11. The number of nitrogens with zero attached hydrogens (tertiary/aromatic N) is 5. The Morgan fingerprint density at radius 2 is 1.00 bits per heavy atom. The van der Waals surface area contributed by atoms with E-state index in [0.29, 0.717) is 17.6 Å². The molecule has 270 valence electrons. The normalized spacial score (nSPS) is 12.1. The molecule has 0 fully saturated rings. The van der Waals surface area contributed by atoms with Crippen molar-refractivity contribution in [2.45, 2.75) is 0 Å². The number of hydrogen-bond donors (Lipinski definition) is 0. The first kappa shape index (κ1) is 31.2. The van der Waals surface area contributed by atoms with Crippen LogP contribution in [-0.4, -0.2) is 24.1 Å². The van der Waals surface area contributed by atoms with E-state index in [-0.39, 0.29) is 0 Å². The third-order valence-electron chi connectivity index (χ3n) is 11.6. The van der Waals surface area contributed by atoms with Gasteiger partial charge in [-0.05, 0) is 60.7 Å². The number of furan rings is 2. The van der Waals surface area contributed by atoms with Crippen molar-refractivity contribution < 1.29 is 8.83 Å². The van der Waals surface area contributed by atoms with Crippen LogP contribution in [-0.2, 0) is 0 Å². The van der Waals surface area contributed by atoms with Gasteiger partial charge in [-0.3, -0.25) is 4.57 Å². The lowest BCUT2D eigenvalue weighted by atomic mass is 10.1. The highest BCUT2D eigenvalue weighted by Gasteiger charge is 2.24. The van der Waals surface area contributed by atoms with Gasteiger partial charge in [0.15, 0.2) is 11.6 Å². The molecule has 0 aliphatic heterocycles. The Morgan fingerprint density at radius 3 is 1.83 bits per heavy atom. The molecular formula is C51H29N5O2. The minimum Gasteiger partial charge on any atom is -0.456 e. The number of fused-ring (bicyclic) bond motifs is 13. The molecule has 5 aromatic heterocycles. The molecule has 13 rings (SSSR count). The topological polar surface area (TPSA) is 74.8 Å². The smallest absolute Gasteiger partial charge is 0.238 e. The fourth-order valence-electron chi connectivity index (χ4n) is 9.07. The van der Waals surface area contributed by atoms with Gasteiger partial charge in [-0.25, -0.2) is 4.98 Å². The second kappa shape index (κ2) is 11.7. The molecule has 0 N–H and O–H groups in total. The number of para-hydroxylation sites is 6. The van der Waals surface area contributed by atoms with Gasteiger partial charge in [0.2, 0.25) is 5.95 Å². The summed E-state index contributed by atoms with van der Waals surface area (Å²) in [5, 5.41) is 8.78. The van der Waals surface area contributed by atoms with Gasteiger partial charge in [0.05, 0.1) is 27.6 Å². The van der Waals surface area contributed by atoms with Gasteiger partial charge in [0.25, 0.3) is 0 Å². The molecule has 13 aromatic rings. The standard InChI is InChI=1S/C51H29N5O2/c1-2-13-31(14-3-1)55-40-21-8-4-15-32(40)36-27-28-42-46(47(36)55)38-18-5-9-22-41(38)56(42)51-53-49(30-25-26-35-33-16-6-10-23-43(33)57-45(35)29-30)52-50(54-51)39-20-12-19-37-34-17-7-11-24-44(34)58-48(37)39/h1-29H. The van der Waals surface area contributed by atoms with Crippen LogP contribution in [0.3, 0.4) is 0 Å². The monoisotopic (exact) mass is 743 g/mol. The first-order chi connectivity index (χ1) is 28.8. The molecule has 0 spiro atoms. The van der Waals surface area contributed by atoms with Crippen LogP contribution in [0.1, 0.15) is 0 Å². The number of benzene rings is 8. The second-order valence-electron chi connectivity index (χ2n) is 14.8. The Kier molecular flexibility index (Phi) is 6.32. The van der Waals surface area contributed by atoms with Gasteiger partial charge in [0, 0.05) is 54.3 Å². The molecule has 0 aliphatic rings. The van der Waals surface area contributed by atoms with Gasteiger partial charge < -0.3 is 13.4 Å². The summed E-state index contributed by atoms with van der Waals surface area (Å²) in [5.74, 6) is 1.55. The predicted octanol–water partition coefficient (Wildman–Crippen LogP) is 13.2. The van der Waals surface area contributed by atoms with Gasteiger partial charge in [-0.1, -0.05) is 115 Å². The van der Waals surface area contributed by atoms with E-state index < -0.39 is 0 Å². The zero-order valence-electron chi connectivity index (χ0n) is 30.8. The summed E-state index contributed by atoms with van der Waals surface area (Å²) >= 11 is 0. The van der Waals surface area contributed by atoms with Crippen LogP contribution in [0.4, 0.5) is 0 Å². The number of hydrogen-bond acceptors (Lipinski definition) is 5. The average Bonchev–Trinajstić information content (AvgIpc) is 4.04. The lowest BCUT2D eigenvalue weighted by Crippen LogP contribution is -2.06. The van der Waals surface area contributed by atoms with Crippen molar-refractivity contribution in [3.05, 3.63) is 176 Å². The van der Waals surface area contributed by atoms with Gasteiger partial charge in [-0.15, -0.1) is 0 Å². The lowest BCUT2D eigenvalue weighted by molar-refractivity contribution is 0.668. The Labute approximate surface area is 329 Å². The van der Waals surface area contributed by atoms with Crippen molar-refractivity contribution in [2.75, 3.05) is 0 Å². The minimum absolute atomic E-state index is 0.505. The van der Waals surface area contributed by atoms with E-state index in [0.717, 1.165) is 93.5 Å². The van der Waals surface area contributed by atoms with Gasteiger partial charge in [0.1, 0.15) is 22.3 Å². The largest absolute Gasteiger partial charge is 0.456 e. The maximum atomic E-state index is 6.55. The molecule has 0 aliphatic carbocycles. The molecule has 0 amide bonds. The van der Waals surface area contributed by atoms with Crippen LogP contribution >= 0.6 is 0 Å². The zero-order chi connectivity index (χ0) is 37.9. The van der Waals surface area contributed by atoms with Crippen LogP contribution in [0, 0.1) is 0 Å². The van der Waals surface area contributed by atoms with E-state index >= 15 is 0 Å². The average molecular weight is 744 g/mol. The highest BCUT2D eigenvalue weighted by atomic mass is 16.3. The SMILES string of the molecule is c1ccc(-n2c3ccccc3c3ccc4c(c5ccccc5n4-c4nc(-c5ccc6c(c5)oc5ccccc56)nc(-c5cccc6c5oc5ccccc56)n4)c32)cc1. The van der Waals surface area contributed by atoms with Crippen LogP contribution in [0.5, 0.6) is 0 Å². The maximum Gasteiger partial charge on any atom is 0.238 e. The van der Waals surface area contributed by atoms with E-state index in [1.165, 1.54) is 10.8 Å². The first-order valence-electron chi connectivity index (χ1n) is 19.4. The Balaban J connectivity index is 1.14. The Hall–Kier alpha value is -8.03. The fourth-order valence-corrected chi connectivity index (χ4v) is 9.07. The molecule has 5 heterocycles. The first-order valence-corrected chi connectivity index (χ1v) is 19.4. The molecule has 8 aromatic carbocycles. The number of rotatable bonds is 4. The molecule has 0 atom stereocenters. The summed E-state index contributed by atoms with van der Waals surface area (Å²) in [6.45, 7) is 0. The molecule has 0 radical (unpaired) electrons. The summed E-state index contributed by atoms with van der Waals surface area (Å²) in [4.78, 5) is 15.9. The Bertz CT molecular complexity index is 3810. The summed E-state index contributed by atoms with van der Waals surface area (Å²) in [6, 6.07) is 60.8. The minimum atomic E-state index is 0.505. The zero-order valence-corrected chi connectivity index (χ0v) is 30.8. The molecule has 0 bridgehead atoms. The highest BCUT2D eigenvalue weighted by Crippen LogP contribution is 2.43. The highest BCUT2D eigenvalue weighted by molar-refractivity contribution is 6.26. The van der Waals surface area contributed by atoms with Crippen molar-refractivity contribution in [1.82, 2.24) is 24.1 Å². The molecule has 7 heteroatoms. The van der Waals surface area contributed by atoms with Crippen molar-refractivity contribution in [2.24, 2.45) is 0 Å². The van der Waals surface area contributed by atoms with Crippen LogP contribution in [0.2, 0.25) is 0 Å². The summed E-state index contributed by atoms with van der Waals surface area (Å²) in [5.41, 5.74) is 10.1. The van der Waals surface area contributed by atoms with Gasteiger partial charge in [-0.2, -0.15) is 9.97 Å². The third-order valence-corrected chi connectivity index (χ3v) is 11.6. The Morgan fingerprint density at radius 1 is 0.379 bits per heavy atom. The van der Waals surface area contributed by atoms with E-state index in [2.05, 4.69) is 130 Å². The fraction of sp³-hybridized carbons (Fsp3) is 0. The van der Waals surface area contributed by atoms with E-state index in [4.69, 9.17) is 23.8 Å². The third kappa shape index (κ3) is 4.35. The number of aromatic nitrogens is 5. The van der Waals surface area contributed by atoms with Crippen molar-refractivity contribution in [3.63, 3.8) is 0 Å². The molecule has 58 heavy (non-hydrogen) atoms. The van der Waals surface area contributed by atoms with Crippen molar-refractivity contribution in [1.29, 1.82) is 0 Å². The summed E-state index contributed by atoms with van der Waals surface area (Å²) < 4.78 is 17.5.